The number of halogens is 1. The molecule has 2 heterocycles. The van der Waals surface area contributed by atoms with Gasteiger partial charge >= 0.3 is 0 Å². The van der Waals surface area contributed by atoms with Crippen LogP contribution < -0.4 is 5.32 Å². The van der Waals surface area contributed by atoms with Crippen LogP contribution in [0.1, 0.15) is 11.3 Å². The third-order valence-electron chi connectivity index (χ3n) is 3.68. The average Bonchev–Trinajstić information content (AvgIpc) is 2.97. The third-order valence-corrected chi connectivity index (χ3v) is 4.65. The van der Waals surface area contributed by atoms with Crippen molar-refractivity contribution in [2.45, 2.75) is 11.5 Å². The molecule has 0 amide bonds. The van der Waals surface area contributed by atoms with Gasteiger partial charge in [-0.2, -0.15) is 11.8 Å². The molecule has 0 aliphatic carbocycles. The van der Waals surface area contributed by atoms with Gasteiger partial charge in [0.25, 0.3) is 0 Å². The van der Waals surface area contributed by atoms with Crippen LogP contribution in [-0.4, -0.2) is 4.98 Å². The summed E-state index contributed by atoms with van der Waals surface area (Å²) in [7, 11) is 0. The topological polar surface area (TPSA) is 24.9 Å². The van der Waals surface area contributed by atoms with Crippen LogP contribution in [0.3, 0.4) is 0 Å². The number of pyridine rings is 1. The van der Waals surface area contributed by atoms with Crippen molar-refractivity contribution >= 4 is 34.0 Å². The van der Waals surface area contributed by atoms with Crippen molar-refractivity contribution in [2.24, 2.45) is 0 Å². The number of para-hydroxylation sites is 1. The molecule has 21 heavy (non-hydrogen) atoms. The molecule has 0 atom stereocenters. The first-order valence-corrected chi connectivity index (χ1v) is 7.97. The van der Waals surface area contributed by atoms with E-state index < -0.39 is 0 Å². The number of hydrogen-bond acceptors (Lipinski definition) is 3. The van der Waals surface area contributed by atoms with Gasteiger partial charge < -0.3 is 5.32 Å². The highest BCUT2D eigenvalue weighted by atomic mass is 32.2. The molecule has 3 aromatic rings. The number of nitrogens with zero attached hydrogens (tertiary/aromatic N) is 1. The van der Waals surface area contributed by atoms with E-state index in [1.165, 1.54) is 17.7 Å². The van der Waals surface area contributed by atoms with Gasteiger partial charge in [0.05, 0.1) is 16.9 Å². The van der Waals surface area contributed by atoms with E-state index in [2.05, 4.69) is 11.4 Å². The third kappa shape index (κ3) is 2.25. The van der Waals surface area contributed by atoms with Gasteiger partial charge in [0, 0.05) is 28.1 Å². The fourth-order valence-electron chi connectivity index (χ4n) is 2.65. The molecule has 0 radical (unpaired) electrons. The molecule has 1 aliphatic rings. The van der Waals surface area contributed by atoms with Gasteiger partial charge in [-0.1, -0.05) is 18.2 Å². The van der Waals surface area contributed by atoms with Crippen LogP contribution in [0.2, 0.25) is 0 Å². The van der Waals surface area contributed by atoms with Crippen LogP contribution in [0.15, 0.2) is 48.5 Å². The van der Waals surface area contributed by atoms with Crippen molar-refractivity contribution in [2.75, 3.05) is 5.32 Å². The molecular weight excluding hydrogens is 283 g/mol. The van der Waals surface area contributed by atoms with Crippen molar-refractivity contribution in [3.05, 3.63) is 65.6 Å². The van der Waals surface area contributed by atoms with E-state index in [4.69, 9.17) is 4.98 Å². The number of benzene rings is 2. The van der Waals surface area contributed by atoms with Crippen LogP contribution in [0, 0.1) is 5.82 Å². The standard InChI is InChI=1S/C17H13FN2S/c18-11-5-7-12(8-6-11)19-17-13-3-1-2-4-15(13)20-16-10-21-9-14(16)17/h1-8H,9-10H2,(H,19,20). The van der Waals surface area contributed by atoms with Gasteiger partial charge in [0.2, 0.25) is 0 Å². The van der Waals surface area contributed by atoms with E-state index in [1.807, 2.05) is 30.0 Å². The Morgan fingerprint density at radius 1 is 1.00 bits per heavy atom. The summed E-state index contributed by atoms with van der Waals surface area (Å²) in [6, 6.07) is 14.6. The number of rotatable bonds is 2. The summed E-state index contributed by atoms with van der Waals surface area (Å²) in [4.78, 5) is 4.75. The van der Waals surface area contributed by atoms with Crippen molar-refractivity contribution < 1.29 is 4.39 Å². The van der Waals surface area contributed by atoms with Gasteiger partial charge in [-0.3, -0.25) is 4.98 Å². The maximum absolute atomic E-state index is 13.1. The fraction of sp³-hybridized carbons (Fsp3) is 0.118. The quantitative estimate of drug-likeness (QED) is 0.730. The van der Waals surface area contributed by atoms with E-state index in [0.29, 0.717) is 0 Å². The van der Waals surface area contributed by atoms with Crippen LogP contribution in [0.5, 0.6) is 0 Å². The summed E-state index contributed by atoms with van der Waals surface area (Å²) in [5.74, 6) is 1.70. The predicted octanol–water partition coefficient (Wildman–Crippen LogP) is 4.86. The predicted molar refractivity (Wildman–Crippen MR) is 86.4 cm³/mol. The Morgan fingerprint density at radius 2 is 1.81 bits per heavy atom. The van der Waals surface area contributed by atoms with E-state index in [1.54, 1.807) is 12.1 Å². The first-order chi connectivity index (χ1) is 10.3. The molecule has 4 heteroatoms. The van der Waals surface area contributed by atoms with Crippen molar-refractivity contribution in [1.29, 1.82) is 0 Å². The molecule has 0 spiro atoms. The second-order valence-electron chi connectivity index (χ2n) is 5.05. The zero-order valence-electron chi connectivity index (χ0n) is 11.3. The molecule has 0 bridgehead atoms. The molecule has 0 fully saturated rings. The zero-order valence-corrected chi connectivity index (χ0v) is 12.1. The number of fused-ring (bicyclic) bond motifs is 2. The summed E-state index contributed by atoms with van der Waals surface area (Å²) >= 11 is 1.88. The SMILES string of the molecule is Fc1ccc(Nc2c3c(nc4ccccc24)CSC3)cc1. The van der Waals surface area contributed by atoms with Crippen LogP contribution >= 0.6 is 11.8 Å². The van der Waals surface area contributed by atoms with Gasteiger partial charge in [-0.05, 0) is 30.3 Å². The molecule has 4 rings (SSSR count). The van der Waals surface area contributed by atoms with Crippen molar-refractivity contribution in [3.63, 3.8) is 0 Å². The second kappa shape index (κ2) is 5.04. The maximum Gasteiger partial charge on any atom is 0.123 e. The number of anilines is 2. The first-order valence-electron chi connectivity index (χ1n) is 6.82. The largest absolute Gasteiger partial charge is 0.355 e. The van der Waals surface area contributed by atoms with E-state index in [0.717, 1.165) is 39.5 Å². The molecule has 0 saturated heterocycles. The van der Waals surface area contributed by atoms with Gasteiger partial charge in [-0.15, -0.1) is 0 Å². The lowest BCUT2D eigenvalue weighted by Gasteiger charge is -2.14. The highest BCUT2D eigenvalue weighted by molar-refractivity contribution is 7.98. The molecule has 1 N–H and O–H groups in total. The summed E-state index contributed by atoms with van der Waals surface area (Å²) in [5, 5.41) is 4.57. The minimum atomic E-state index is -0.221. The summed E-state index contributed by atoms with van der Waals surface area (Å²) in [6.07, 6.45) is 0. The summed E-state index contributed by atoms with van der Waals surface area (Å²) < 4.78 is 13.1. The Balaban J connectivity index is 1.88. The summed E-state index contributed by atoms with van der Waals surface area (Å²) in [6.45, 7) is 0. The Bertz CT molecular complexity index is 815. The molecule has 2 nitrogen and oxygen atoms in total. The van der Waals surface area contributed by atoms with Gasteiger partial charge in [0.1, 0.15) is 5.82 Å². The average molecular weight is 296 g/mol. The van der Waals surface area contributed by atoms with Gasteiger partial charge in [0.15, 0.2) is 0 Å². The van der Waals surface area contributed by atoms with E-state index >= 15 is 0 Å². The Kier molecular flexibility index (Phi) is 3.04. The monoisotopic (exact) mass is 296 g/mol. The van der Waals surface area contributed by atoms with Crippen LogP contribution in [0.4, 0.5) is 15.8 Å². The number of nitrogens with one attached hydrogen (secondary N) is 1. The lowest BCUT2D eigenvalue weighted by Crippen LogP contribution is -1.99. The molecule has 2 aromatic carbocycles. The first kappa shape index (κ1) is 12.7. The van der Waals surface area contributed by atoms with E-state index in [9.17, 15) is 4.39 Å². The fourth-order valence-corrected chi connectivity index (χ4v) is 3.70. The Morgan fingerprint density at radius 3 is 2.67 bits per heavy atom. The van der Waals surface area contributed by atoms with Crippen LogP contribution in [-0.2, 0) is 11.5 Å². The Hall–Kier alpha value is -2.07. The minimum absolute atomic E-state index is 0.221. The number of thioether (sulfide) groups is 1. The van der Waals surface area contributed by atoms with Crippen molar-refractivity contribution in [3.8, 4) is 0 Å². The normalized spacial score (nSPS) is 13.4. The second-order valence-corrected chi connectivity index (χ2v) is 6.04. The molecule has 1 aliphatic heterocycles. The minimum Gasteiger partial charge on any atom is -0.355 e. The lowest BCUT2D eigenvalue weighted by atomic mass is 10.1. The summed E-state index contributed by atoms with van der Waals surface area (Å²) in [5.41, 5.74) is 5.42. The molecule has 0 saturated carbocycles. The highest BCUT2D eigenvalue weighted by Crippen LogP contribution is 2.39. The lowest BCUT2D eigenvalue weighted by molar-refractivity contribution is 0.628. The molecule has 104 valence electrons. The smallest absolute Gasteiger partial charge is 0.123 e. The zero-order chi connectivity index (χ0) is 14.2. The van der Waals surface area contributed by atoms with E-state index in [-0.39, 0.29) is 5.82 Å². The highest BCUT2D eigenvalue weighted by Gasteiger charge is 2.19. The Labute approximate surface area is 126 Å². The van der Waals surface area contributed by atoms with Gasteiger partial charge in [-0.25, -0.2) is 4.39 Å². The number of aromatic nitrogens is 1. The molecule has 1 aromatic heterocycles. The number of hydrogen-bond donors (Lipinski definition) is 1. The molecular formula is C17H13FN2S. The molecule has 0 unspecified atom stereocenters. The van der Waals surface area contributed by atoms with Crippen molar-refractivity contribution in [1.82, 2.24) is 4.98 Å². The maximum atomic E-state index is 13.1. The van der Waals surface area contributed by atoms with Crippen LogP contribution in [0.25, 0.3) is 10.9 Å².